The molecule has 8 nitrogen and oxygen atoms in total. The predicted octanol–water partition coefficient (Wildman–Crippen LogP) is 1.35. The second-order valence-corrected chi connectivity index (χ2v) is 8.08. The van der Waals surface area contributed by atoms with Gasteiger partial charge < -0.3 is 24.2 Å². The van der Waals surface area contributed by atoms with Crippen LogP contribution in [0.5, 0.6) is 11.5 Å². The topological polar surface area (TPSA) is 79.4 Å². The van der Waals surface area contributed by atoms with Crippen LogP contribution >= 0.6 is 0 Å². The fourth-order valence-electron chi connectivity index (χ4n) is 4.21. The third-order valence-electron chi connectivity index (χ3n) is 5.85. The van der Waals surface area contributed by atoms with Crippen molar-refractivity contribution in [3.05, 3.63) is 23.8 Å². The highest BCUT2D eigenvalue weighted by atomic mass is 16.7. The Hall–Kier alpha value is -2.77. The third-order valence-corrected chi connectivity index (χ3v) is 5.85. The molecule has 0 spiro atoms. The monoisotopic (exact) mass is 401 g/mol. The Labute approximate surface area is 170 Å². The molecule has 156 valence electrons. The first-order valence-corrected chi connectivity index (χ1v) is 10.2. The molecule has 3 aliphatic heterocycles. The van der Waals surface area contributed by atoms with E-state index in [9.17, 15) is 14.4 Å². The molecule has 2 fully saturated rings. The number of likely N-dealkylation sites (tertiary alicyclic amines) is 1. The van der Waals surface area contributed by atoms with Crippen molar-refractivity contribution in [3.8, 4) is 11.5 Å². The van der Waals surface area contributed by atoms with Crippen molar-refractivity contribution >= 4 is 17.7 Å². The van der Waals surface area contributed by atoms with E-state index in [4.69, 9.17) is 9.47 Å². The Morgan fingerprint density at radius 3 is 2.52 bits per heavy atom. The van der Waals surface area contributed by atoms with Crippen molar-refractivity contribution in [1.82, 2.24) is 14.7 Å². The Kier molecular flexibility index (Phi) is 5.34. The quantitative estimate of drug-likeness (QED) is 0.764. The third kappa shape index (κ3) is 3.88. The summed E-state index contributed by atoms with van der Waals surface area (Å²) in [4.78, 5) is 43.4. The molecule has 8 heteroatoms. The molecule has 0 aromatic heterocycles. The van der Waals surface area contributed by atoms with Gasteiger partial charge in [0.1, 0.15) is 0 Å². The van der Waals surface area contributed by atoms with Gasteiger partial charge in [-0.1, -0.05) is 0 Å². The van der Waals surface area contributed by atoms with E-state index in [1.807, 2.05) is 18.7 Å². The second-order valence-electron chi connectivity index (χ2n) is 8.08. The number of carbonyl (C=O) groups is 3. The maximum Gasteiger partial charge on any atom is 0.254 e. The molecule has 3 amide bonds. The molecule has 0 N–H and O–H groups in total. The van der Waals surface area contributed by atoms with Gasteiger partial charge in [0.25, 0.3) is 5.91 Å². The summed E-state index contributed by atoms with van der Waals surface area (Å²) in [6.45, 7) is 6.77. The first-order chi connectivity index (χ1) is 13.9. The fourth-order valence-corrected chi connectivity index (χ4v) is 4.21. The zero-order chi connectivity index (χ0) is 20.5. The van der Waals surface area contributed by atoms with Crippen LogP contribution < -0.4 is 9.47 Å². The largest absolute Gasteiger partial charge is 0.454 e. The minimum absolute atomic E-state index is 0.0267. The van der Waals surface area contributed by atoms with Gasteiger partial charge in [0, 0.05) is 50.7 Å². The van der Waals surface area contributed by atoms with Crippen LogP contribution in [0.25, 0.3) is 0 Å². The summed E-state index contributed by atoms with van der Waals surface area (Å²) < 4.78 is 10.7. The number of amides is 3. The summed E-state index contributed by atoms with van der Waals surface area (Å²) >= 11 is 0. The van der Waals surface area contributed by atoms with E-state index < -0.39 is 0 Å². The Balaban J connectivity index is 1.37. The number of hydrogen-bond acceptors (Lipinski definition) is 5. The summed E-state index contributed by atoms with van der Waals surface area (Å²) in [6, 6.07) is 5.32. The summed E-state index contributed by atoms with van der Waals surface area (Å²) in [6.07, 6.45) is 1.00. The van der Waals surface area contributed by atoms with Gasteiger partial charge in [0.15, 0.2) is 11.5 Å². The van der Waals surface area contributed by atoms with E-state index in [1.54, 1.807) is 28.0 Å². The van der Waals surface area contributed by atoms with E-state index in [0.29, 0.717) is 49.8 Å². The molecular formula is C21H27N3O5. The van der Waals surface area contributed by atoms with Crippen LogP contribution in [-0.2, 0) is 9.59 Å². The zero-order valence-electron chi connectivity index (χ0n) is 16.9. The van der Waals surface area contributed by atoms with E-state index >= 15 is 0 Å². The number of carbonyl (C=O) groups excluding carboxylic acids is 3. The summed E-state index contributed by atoms with van der Waals surface area (Å²) in [5, 5.41) is 0. The highest BCUT2D eigenvalue weighted by Gasteiger charge is 2.38. The molecule has 3 aliphatic rings. The molecular weight excluding hydrogens is 374 g/mol. The molecule has 1 aromatic carbocycles. The van der Waals surface area contributed by atoms with Crippen molar-refractivity contribution in [2.75, 3.05) is 39.5 Å². The lowest BCUT2D eigenvalue weighted by Crippen LogP contribution is -2.41. The number of rotatable bonds is 3. The minimum Gasteiger partial charge on any atom is -0.454 e. The van der Waals surface area contributed by atoms with Gasteiger partial charge in [0.05, 0.1) is 5.92 Å². The van der Waals surface area contributed by atoms with Crippen molar-refractivity contribution in [2.45, 2.75) is 32.7 Å². The lowest BCUT2D eigenvalue weighted by atomic mass is 10.1. The van der Waals surface area contributed by atoms with E-state index in [-0.39, 0.29) is 42.9 Å². The van der Waals surface area contributed by atoms with Crippen molar-refractivity contribution < 1.29 is 23.9 Å². The maximum atomic E-state index is 13.0. The number of ether oxygens (including phenoxy) is 2. The fraction of sp³-hybridized carbons (Fsp3) is 0.571. The van der Waals surface area contributed by atoms with Crippen molar-refractivity contribution in [3.63, 3.8) is 0 Å². The average molecular weight is 401 g/mol. The van der Waals surface area contributed by atoms with Gasteiger partial charge in [0.2, 0.25) is 18.6 Å². The highest BCUT2D eigenvalue weighted by Crippen LogP contribution is 2.33. The highest BCUT2D eigenvalue weighted by molar-refractivity contribution is 5.95. The van der Waals surface area contributed by atoms with Gasteiger partial charge in [-0.3, -0.25) is 14.4 Å². The summed E-state index contributed by atoms with van der Waals surface area (Å²) in [5.41, 5.74) is 0.558. The number of nitrogens with zero attached hydrogens (tertiary/aromatic N) is 3. The van der Waals surface area contributed by atoms with Crippen LogP contribution in [0.3, 0.4) is 0 Å². The molecule has 1 aromatic rings. The molecule has 4 rings (SSSR count). The average Bonchev–Trinajstić information content (AvgIpc) is 3.25. The molecule has 3 heterocycles. The Morgan fingerprint density at radius 2 is 1.76 bits per heavy atom. The Morgan fingerprint density at radius 1 is 1.03 bits per heavy atom. The van der Waals surface area contributed by atoms with Crippen LogP contribution in [-0.4, -0.2) is 78.0 Å². The number of fused-ring (bicyclic) bond motifs is 1. The van der Waals surface area contributed by atoms with E-state index in [2.05, 4.69) is 0 Å². The molecule has 0 radical (unpaired) electrons. The standard InChI is InChI=1S/C21H27N3O5/c1-14(2)24-12-16(11-19(24)25)21(27)23-7-3-6-22(8-9-23)20(26)15-4-5-17-18(10-15)29-13-28-17/h4-5,10,14,16H,3,6-9,11-13H2,1-2H3. The minimum atomic E-state index is -0.277. The van der Waals surface area contributed by atoms with Crippen molar-refractivity contribution in [2.24, 2.45) is 5.92 Å². The summed E-state index contributed by atoms with van der Waals surface area (Å²) in [7, 11) is 0. The van der Waals surface area contributed by atoms with Gasteiger partial charge >= 0.3 is 0 Å². The normalized spacial score (nSPS) is 21.7. The number of benzene rings is 1. The first kappa shape index (κ1) is 19.5. The van der Waals surface area contributed by atoms with Crippen LogP contribution in [0.2, 0.25) is 0 Å². The van der Waals surface area contributed by atoms with E-state index in [0.717, 1.165) is 6.42 Å². The van der Waals surface area contributed by atoms with Gasteiger partial charge in [-0.15, -0.1) is 0 Å². The van der Waals surface area contributed by atoms with Gasteiger partial charge in [-0.25, -0.2) is 0 Å². The first-order valence-electron chi connectivity index (χ1n) is 10.2. The van der Waals surface area contributed by atoms with Gasteiger partial charge in [-0.05, 0) is 38.5 Å². The van der Waals surface area contributed by atoms with Crippen LogP contribution in [0.1, 0.15) is 37.0 Å². The molecule has 0 aliphatic carbocycles. The van der Waals surface area contributed by atoms with Crippen LogP contribution in [0, 0.1) is 5.92 Å². The maximum absolute atomic E-state index is 13.0. The Bertz CT molecular complexity index is 825. The smallest absolute Gasteiger partial charge is 0.254 e. The van der Waals surface area contributed by atoms with Crippen LogP contribution in [0.15, 0.2) is 18.2 Å². The summed E-state index contributed by atoms with van der Waals surface area (Å²) in [5.74, 6) is 0.964. The molecule has 0 bridgehead atoms. The van der Waals surface area contributed by atoms with Crippen LogP contribution in [0.4, 0.5) is 0 Å². The molecule has 0 saturated carbocycles. The van der Waals surface area contributed by atoms with E-state index in [1.165, 1.54) is 0 Å². The predicted molar refractivity (Wildman–Crippen MR) is 105 cm³/mol. The second kappa shape index (κ2) is 7.93. The lowest BCUT2D eigenvalue weighted by molar-refractivity contribution is -0.135. The molecule has 1 unspecified atom stereocenters. The number of hydrogen-bond donors (Lipinski definition) is 0. The molecule has 1 atom stereocenters. The molecule has 29 heavy (non-hydrogen) atoms. The van der Waals surface area contributed by atoms with Gasteiger partial charge in [-0.2, -0.15) is 0 Å². The van der Waals surface area contributed by atoms with Crippen molar-refractivity contribution in [1.29, 1.82) is 0 Å². The SMILES string of the molecule is CC(C)N1CC(C(=O)N2CCCN(C(=O)c3ccc4c(c3)OCO4)CC2)CC1=O. The zero-order valence-corrected chi connectivity index (χ0v) is 16.9. The molecule has 2 saturated heterocycles. The lowest BCUT2D eigenvalue weighted by Gasteiger charge is -2.25.